The number of ether oxygens (including phenoxy) is 2. The minimum atomic E-state index is -1.33. The van der Waals surface area contributed by atoms with Crippen LogP contribution < -0.4 is 4.98 Å². The number of nitrogens with one attached hydrogen (secondary N) is 1. The third-order valence-corrected chi connectivity index (χ3v) is 6.00. The average Bonchev–Trinajstić information content (AvgIpc) is 2.31. The Balaban J connectivity index is 2.69. The molecule has 0 amide bonds. The summed E-state index contributed by atoms with van der Waals surface area (Å²) in [5.74, 6) is 0.563. The highest BCUT2D eigenvalue weighted by atomic mass is 28.3. The molecular weight excluding hydrogens is 230 g/mol. The molecule has 0 fully saturated rings. The van der Waals surface area contributed by atoms with Crippen LogP contribution in [0.3, 0.4) is 0 Å². The van der Waals surface area contributed by atoms with E-state index < -0.39 is 8.96 Å². The van der Waals surface area contributed by atoms with Gasteiger partial charge in [-0.25, -0.2) is 0 Å². The highest BCUT2D eigenvalue weighted by Crippen LogP contribution is 2.15. The van der Waals surface area contributed by atoms with Crippen LogP contribution in [-0.2, 0) is 9.47 Å². The number of anilines is 1. The molecule has 4 heteroatoms. The second-order valence-corrected chi connectivity index (χ2v) is 7.10. The largest absolute Gasteiger partial charge is 0.409 e. The lowest BCUT2D eigenvalue weighted by Gasteiger charge is -2.26. The van der Waals surface area contributed by atoms with Gasteiger partial charge >= 0.3 is 0 Å². The van der Waals surface area contributed by atoms with Gasteiger partial charge in [-0.1, -0.05) is 32.0 Å². The lowest BCUT2D eigenvalue weighted by Crippen LogP contribution is -2.42. The number of rotatable bonds is 7. The summed E-state index contributed by atoms with van der Waals surface area (Å²) in [6.45, 7) is 4.46. The van der Waals surface area contributed by atoms with Gasteiger partial charge in [-0.2, -0.15) is 0 Å². The maximum Gasteiger partial charge on any atom is 0.201 e. The smallest absolute Gasteiger partial charge is 0.201 e. The SMILES string of the molecule is COC(OC)[SiH](CC(C)C)Nc1ccccc1. The molecule has 1 aromatic rings. The maximum atomic E-state index is 5.41. The van der Waals surface area contributed by atoms with Gasteiger partial charge in [0.05, 0.1) is 0 Å². The second-order valence-electron chi connectivity index (χ2n) is 4.59. The lowest BCUT2D eigenvalue weighted by molar-refractivity contribution is -0.0471. The van der Waals surface area contributed by atoms with Crippen LogP contribution in [0.15, 0.2) is 30.3 Å². The number of methoxy groups -OCH3 is 2. The predicted octanol–water partition coefficient (Wildman–Crippen LogP) is 2.64. The zero-order valence-electron chi connectivity index (χ0n) is 11.1. The van der Waals surface area contributed by atoms with E-state index in [4.69, 9.17) is 9.47 Å². The number of hydrogen-bond acceptors (Lipinski definition) is 3. The first-order valence-corrected chi connectivity index (χ1v) is 8.10. The van der Waals surface area contributed by atoms with Gasteiger partial charge in [0.2, 0.25) is 8.96 Å². The van der Waals surface area contributed by atoms with Crippen molar-refractivity contribution in [3.05, 3.63) is 30.3 Å². The molecule has 17 heavy (non-hydrogen) atoms. The quantitative estimate of drug-likeness (QED) is 0.598. The van der Waals surface area contributed by atoms with Crippen molar-refractivity contribution in [2.45, 2.75) is 25.8 Å². The third-order valence-electron chi connectivity index (χ3n) is 2.64. The standard InChI is InChI=1S/C13H23NO2Si/c1-11(2)10-17(13(15-3)16-4)14-12-8-6-5-7-9-12/h5-9,11,13-14,17H,10H2,1-4H3. The molecular formula is C13H23NO2Si. The molecule has 0 heterocycles. The fraction of sp³-hybridized carbons (Fsp3) is 0.538. The second kappa shape index (κ2) is 7.48. The Bertz CT molecular complexity index is 302. The van der Waals surface area contributed by atoms with E-state index in [0.717, 1.165) is 11.7 Å². The Kier molecular flexibility index (Phi) is 6.25. The van der Waals surface area contributed by atoms with Gasteiger partial charge in [0.25, 0.3) is 0 Å². The molecule has 1 N–H and O–H groups in total. The summed E-state index contributed by atoms with van der Waals surface area (Å²) in [7, 11) is 2.09. The summed E-state index contributed by atoms with van der Waals surface area (Å²) in [6, 6.07) is 11.4. The molecule has 96 valence electrons. The Hall–Kier alpha value is -0.843. The van der Waals surface area contributed by atoms with Crippen LogP contribution in [0.2, 0.25) is 6.04 Å². The highest BCUT2D eigenvalue weighted by molar-refractivity contribution is 6.63. The first kappa shape index (κ1) is 14.2. The van der Waals surface area contributed by atoms with Crippen molar-refractivity contribution in [3.63, 3.8) is 0 Å². The van der Waals surface area contributed by atoms with Crippen molar-refractivity contribution < 1.29 is 9.47 Å². The molecule has 1 rings (SSSR count). The van der Waals surface area contributed by atoms with Gasteiger partial charge in [-0.15, -0.1) is 0 Å². The average molecular weight is 253 g/mol. The molecule has 3 nitrogen and oxygen atoms in total. The van der Waals surface area contributed by atoms with Gasteiger partial charge < -0.3 is 14.5 Å². The van der Waals surface area contributed by atoms with Gasteiger partial charge in [0, 0.05) is 19.9 Å². The summed E-state index contributed by atoms with van der Waals surface area (Å²) >= 11 is 0. The minimum Gasteiger partial charge on any atom is -0.409 e. The van der Waals surface area contributed by atoms with E-state index in [1.807, 2.05) is 18.2 Å². The number of hydrogen-bond donors (Lipinski definition) is 1. The molecule has 0 bridgehead atoms. The molecule has 0 saturated heterocycles. The van der Waals surface area contributed by atoms with Crippen LogP contribution in [0.4, 0.5) is 5.69 Å². The molecule has 0 spiro atoms. The van der Waals surface area contributed by atoms with E-state index in [1.165, 1.54) is 0 Å². The monoisotopic (exact) mass is 253 g/mol. The molecule has 1 atom stereocenters. The molecule has 0 aromatic heterocycles. The third kappa shape index (κ3) is 4.89. The zero-order valence-corrected chi connectivity index (χ0v) is 12.3. The van der Waals surface area contributed by atoms with Crippen LogP contribution in [0.5, 0.6) is 0 Å². The summed E-state index contributed by atoms with van der Waals surface area (Å²) in [4.78, 5) is 3.60. The Morgan fingerprint density at radius 1 is 1.12 bits per heavy atom. The normalized spacial score (nSPS) is 13.1. The molecule has 0 aliphatic rings. The molecule has 0 aliphatic carbocycles. The van der Waals surface area contributed by atoms with Crippen LogP contribution in [0, 0.1) is 5.92 Å². The van der Waals surface area contributed by atoms with Gasteiger partial charge in [0.15, 0.2) is 5.91 Å². The van der Waals surface area contributed by atoms with Gasteiger partial charge in [0.1, 0.15) is 0 Å². The van der Waals surface area contributed by atoms with E-state index >= 15 is 0 Å². The molecule has 0 aliphatic heterocycles. The van der Waals surface area contributed by atoms with Gasteiger partial charge in [-0.3, -0.25) is 0 Å². The fourth-order valence-corrected chi connectivity index (χ4v) is 4.69. The minimum absolute atomic E-state index is 0.0855. The summed E-state index contributed by atoms with van der Waals surface area (Å²) < 4.78 is 10.8. The van der Waals surface area contributed by atoms with Crippen molar-refractivity contribution in [2.24, 2.45) is 5.92 Å². The van der Waals surface area contributed by atoms with E-state index in [2.05, 4.69) is 31.0 Å². The first-order chi connectivity index (χ1) is 8.17. The number of benzene rings is 1. The van der Waals surface area contributed by atoms with E-state index in [9.17, 15) is 0 Å². The topological polar surface area (TPSA) is 30.5 Å². The zero-order chi connectivity index (χ0) is 12.7. The molecule has 0 radical (unpaired) electrons. The predicted molar refractivity (Wildman–Crippen MR) is 74.7 cm³/mol. The Morgan fingerprint density at radius 2 is 1.71 bits per heavy atom. The van der Waals surface area contributed by atoms with Crippen molar-refractivity contribution in [2.75, 3.05) is 19.2 Å². The summed E-state index contributed by atoms with van der Waals surface area (Å²) in [5, 5.41) is 0. The first-order valence-electron chi connectivity index (χ1n) is 6.04. The van der Waals surface area contributed by atoms with E-state index in [-0.39, 0.29) is 5.91 Å². The van der Waals surface area contributed by atoms with Crippen molar-refractivity contribution in [1.29, 1.82) is 0 Å². The van der Waals surface area contributed by atoms with Crippen molar-refractivity contribution in [1.82, 2.24) is 0 Å². The van der Waals surface area contributed by atoms with Gasteiger partial charge in [-0.05, 0) is 24.1 Å². The van der Waals surface area contributed by atoms with Crippen molar-refractivity contribution in [3.8, 4) is 0 Å². The maximum absolute atomic E-state index is 5.41. The molecule has 1 unspecified atom stereocenters. The summed E-state index contributed by atoms with van der Waals surface area (Å²) in [5.41, 5.74) is 1.16. The van der Waals surface area contributed by atoms with Crippen LogP contribution in [0.25, 0.3) is 0 Å². The Morgan fingerprint density at radius 3 is 2.18 bits per heavy atom. The lowest BCUT2D eigenvalue weighted by atomic mass is 10.3. The van der Waals surface area contributed by atoms with Crippen LogP contribution in [-0.4, -0.2) is 29.1 Å². The van der Waals surface area contributed by atoms with Crippen LogP contribution >= 0.6 is 0 Å². The highest BCUT2D eigenvalue weighted by Gasteiger charge is 2.24. The van der Waals surface area contributed by atoms with Crippen LogP contribution in [0.1, 0.15) is 13.8 Å². The van der Waals surface area contributed by atoms with Crippen molar-refractivity contribution >= 4 is 14.6 Å². The van der Waals surface area contributed by atoms with E-state index in [1.54, 1.807) is 14.2 Å². The fourth-order valence-electron chi connectivity index (χ4n) is 1.92. The molecule has 1 aromatic carbocycles. The Labute approximate surface area is 106 Å². The number of para-hydroxylation sites is 1. The van der Waals surface area contributed by atoms with E-state index in [0.29, 0.717) is 5.92 Å². The molecule has 0 saturated carbocycles. The summed E-state index contributed by atoms with van der Waals surface area (Å²) in [6.07, 6.45) is 0.